The minimum absolute atomic E-state index is 0.352. The van der Waals surface area contributed by atoms with E-state index in [0.29, 0.717) is 23.6 Å². The van der Waals surface area contributed by atoms with Crippen molar-refractivity contribution in [2.75, 3.05) is 5.73 Å². The Balaban J connectivity index is 1.75. The second-order valence-electron chi connectivity index (χ2n) is 3.98. The smallest absolute Gasteiger partial charge is 0.193 e. The summed E-state index contributed by atoms with van der Waals surface area (Å²) in [7, 11) is 0. The molecular formula is C13H10N4OS. The molecule has 0 fully saturated rings. The molecule has 5 nitrogen and oxygen atoms in total. The fraction of sp³-hybridized carbons (Fsp3) is 0.0769. The second kappa shape index (κ2) is 4.63. The van der Waals surface area contributed by atoms with Crippen molar-refractivity contribution in [3.8, 4) is 11.8 Å². The molecule has 0 aliphatic rings. The molecule has 0 aliphatic heterocycles. The van der Waals surface area contributed by atoms with Gasteiger partial charge >= 0.3 is 0 Å². The van der Waals surface area contributed by atoms with Crippen molar-refractivity contribution in [1.29, 1.82) is 5.26 Å². The van der Waals surface area contributed by atoms with Crippen molar-refractivity contribution in [3.05, 3.63) is 47.2 Å². The highest BCUT2D eigenvalue weighted by molar-refractivity contribution is 7.15. The highest BCUT2D eigenvalue weighted by Gasteiger charge is 2.06. The quantitative estimate of drug-likeness (QED) is 0.741. The number of fused-ring (bicyclic) bond motifs is 1. The number of aromatic nitrogens is 2. The molecule has 0 radical (unpaired) electrons. The van der Waals surface area contributed by atoms with Crippen molar-refractivity contribution in [1.82, 2.24) is 9.38 Å². The minimum Gasteiger partial charge on any atom is -0.485 e. The van der Waals surface area contributed by atoms with Crippen molar-refractivity contribution >= 4 is 22.0 Å². The van der Waals surface area contributed by atoms with E-state index in [2.05, 4.69) is 4.98 Å². The number of nitrogens with zero attached hydrogens (tertiary/aromatic N) is 3. The number of anilines is 1. The van der Waals surface area contributed by atoms with Crippen molar-refractivity contribution in [2.24, 2.45) is 0 Å². The van der Waals surface area contributed by atoms with Gasteiger partial charge in [0.05, 0.1) is 23.0 Å². The van der Waals surface area contributed by atoms with E-state index in [0.717, 1.165) is 10.7 Å². The van der Waals surface area contributed by atoms with Crippen LogP contribution < -0.4 is 10.5 Å². The molecule has 0 spiro atoms. The number of nitrogen functional groups attached to an aromatic ring is 1. The molecular weight excluding hydrogens is 260 g/mol. The molecule has 94 valence electrons. The molecule has 3 aromatic rings. The largest absolute Gasteiger partial charge is 0.485 e. The lowest BCUT2D eigenvalue weighted by molar-refractivity contribution is 0.304. The molecule has 0 atom stereocenters. The third kappa shape index (κ3) is 2.23. The van der Waals surface area contributed by atoms with Crippen LogP contribution in [0.2, 0.25) is 0 Å². The molecule has 2 heterocycles. The Hall–Kier alpha value is -2.52. The van der Waals surface area contributed by atoms with Crippen molar-refractivity contribution in [3.63, 3.8) is 0 Å². The average Bonchev–Trinajstić information content (AvgIpc) is 2.98. The van der Waals surface area contributed by atoms with E-state index in [1.54, 1.807) is 29.5 Å². The highest BCUT2D eigenvalue weighted by Crippen LogP contribution is 2.23. The van der Waals surface area contributed by atoms with Gasteiger partial charge in [-0.1, -0.05) is 0 Å². The maximum atomic E-state index is 8.76. The Labute approximate surface area is 113 Å². The first-order chi connectivity index (χ1) is 9.26. The summed E-state index contributed by atoms with van der Waals surface area (Å²) in [5, 5.41) is 10.7. The van der Waals surface area contributed by atoms with Crippen LogP contribution in [0.15, 0.2) is 36.0 Å². The van der Waals surface area contributed by atoms with Gasteiger partial charge in [-0.15, -0.1) is 11.3 Å². The topological polar surface area (TPSA) is 76.3 Å². The third-order valence-corrected chi connectivity index (χ3v) is 3.43. The fourth-order valence-corrected chi connectivity index (χ4v) is 2.47. The Morgan fingerprint density at radius 3 is 3.11 bits per heavy atom. The van der Waals surface area contributed by atoms with Crippen LogP contribution in [-0.2, 0) is 6.61 Å². The Bertz CT molecular complexity index is 740. The normalized spacial score (nSPS) is 10.5. The summed E-state index contributed by atoms with van der Waals surface area (Å²) < 4.78 is 7.57. The van der Waals surface area contributed by atoms with Crippen LogP contribution in [0.3, 0.4) is 0 Å². The molecule has 6 heteroatoms. The number of hydrogen-bond donors (Lipinski definition) is 1. The van der Waals surface area contributed by atoms with Gasteiger partial charge in [-0.3, -0.25) is 4.40 Å². The van der Waals surface area contributed by atoms with Gasteiger partial charge in [-0.2, -0.15) is 5.26 Å². The van der Waals surface area contributed by atoms with Gasteiger partial charge in [0.25, 0.3) is 0 Å². The van der Waals surface area contributed by atoms with Gasteiger partial charge < -0.3 is 10.5 Å². The number of hydrogen-bond acceptors (Lipinski definition) is 5. The first kappa shape index (κ1) is 11.6. The molecule has 0 aliphatic carbocycles. The first-order valence-electron chi connectivity index (χ1n) is 5.60. The average molecular weight is 270 g/mol. The van der Waals surface area contributed by atoms with Gasteiger partial charge in [0.15, 0.2) is 4.96 Å². The van der Waals surface area contributed by atoms with Gasteiger partial charge in [0.2, 0.25) is 0 Å². The number of thiazole rings is 1. The molecule has 0 bridgehead atoms. The lowest BCUT2D eigenvalue weighted by Gasteiger charge is -2.07. The Morgan fingerprint density at radius 2 is 2.37 bits per heavy atom. The number of nitrogens with two attached hydrogens (primary N) is 1. The lowest BCUT2D eigenvalue weighted by atomic mass is 10.2. The van der Waals surface area contributed by atoms with Gasteiger partial charge in [0, 0.05) is 17.8 Å². The summed E-state index contributed by atoms with van der Waals surface area (Å²) in [6, 6.07) is 7.01. The SMILES string of the molecule is N#Cc1ccc(OCc2cn3ccsc3n2)c(N)c1. The maximum Gasteiger partial charge on any atom is 0.193 e. The molecule has 2 aromatic heterocycles. The van der Waals surface area contributed by atoms with E-state index >= 15 is 0 Å². The van der Waals surface area contributed by atoms with Crippen molar-refractivity contribution < 1.29 is 4.74 Å². The highest BCUT2D eigenvalue weighted by atomic mass is 32.1. The second-order valence-corrected chi connectivity index (χ2v) is 4.85. The summed E-state index contributed by atoms with van der Waals surface area (Å²) in [6.45, 7) is 0.352. The molecule has 2 N–H and O–H groups in total. The molecule has 3 rings (SSSR count). The number of imidazole rings is 1. The summed E-state index contributed by atoms with van der Waals surface area (Å²) >= 11 is 1.57. The van der Waals surface area contributed by atoms with Crippen LogP contribution in [0.5, 0.6) is 5.75 Å². The summed E-state index contributed by atoms with van der Waals surface area (Å²) in [5.74, 6) is 0.565. The van der Waals surface area contributed by atoms with Crippen LogP contribution >= 0.6 is 11.3 Å². The van der Waals surface area contributed by atoms with E-state index in [1.807, 2.05) is 28.2 Å². The Kier molecular flexibility index (Phi) is 2.82. The van der Waals surface area contributed by atoms with Crippen LogP contribution in [0.1, 0.15) is 11.3 Å². The van der Waals surface area contributed by atoms with Crippen LogP contribution in [0.25, 0.3) is 4.96 Å². The van der Waals surface area contributed by atoms with Crippen LogP contribution in [0.4, 0.5) is 5.69 Å². The van der Waals surface area contributed by atoms with E-state index in [9.17, 15) is 0 Å². The Morgan fingerprint density at radius 1 is 1.47 bits per heavy atom. The molecule has 19 heavy (non-hydrogen) atoms. The molecule has 0 unspecified atom stereocenters. The number of nitriles is 1. The van der Waals surface area contributed by atoms with Crippen LogP contribution in [0, 0.1) is 11.3 Å². The van der Waals surface area contributed by atoms with E-state index in [1.165, 1.54) is 0 Å². The molecule has 0 saturated heterocycles. The number of ether oxygens (including phenoxy) is 1. The summed E-state index contributed by atoms with van der Waals surface area (Å²) in [6.07, 6.45) is 3.87. The van der Waals surface area contributed by atoms with Crippen molar-refractivity contribution in [2.45, 2.75) is 6.61 Å². The minimum atomic E-state index is 0.352. The lowest BCUT2D eigenvalue weighted by Crippen LogP contribution is -1.99. The van der Waals surface area contributed by atoms with Crippen LogP contribution in [-0.4, -0.2) is 9.38 Å². The van der Waals surface area contributed by atoms with E-state index < -0.39 is 0 Å². The van der Waals surface area contributed by atoms with Gasteiger partial charge in [-0.05, 0) is 18.2 Å². The summed E-state index contributed by atoms with van der Waals surface area (Å²) in [5.41, 5.74) is 7.64. The van der Waals surface area contributed by atoms with Gasteiger partial charge in [-0.25, -0.2) is 4.98 Å². The number of rotatable bonds is 3. The zero-order valence-corrected chi connectivity index (χ0v) is 10.7. The third-order valence-electron chi connectivity index (χ3n) is 2.66. The summed E-state index contributed by atoms with van der Waals surface area (Å²) in [4.78, 5) is 5.35. The first-order valence-corrected chi connectivity index (χ1v) is 6.48. The molecule has 0 saturated carbocycles. The molecule has 0 amide bonds. The fourth-order valence-electron chi connectivity index (χ4n) is 1.75. The predicted octanol–water partition coefficient (Wildman–Crippen LogP) is 2.43. The van der Waals surface area contributed by atoms with E-state index in [-0.39, 0.29) is 0 Å². The zero-order chi connectivity index (χ0) is 13.2. The van der Waals surface area contributed by atoms with E-state index in [4.69, 9.17) is 15.7 Å². The maximum absolute atomic E-state index is 8.76. The molecule has 1 aromatic carbocycles. The number of benzene rings is 1. The predicted molar refractivity (Wildman–Crippen MR) is 73.0 cm³/mol. The zero-order valence-electron chi connectivity index (χ0n) is 9.91. The monoisotopic (exact) mass is 270 g/mol. The standard InChI is InChI=1S/C13H10N4OS/c14-6-9-1-2-12(11(15)5-9)18-8-10-7-17-3-4-19-13(17)16-10/h1-5,7H,8,15H2. The van der Waals surface area contributed by atoms with Gasteiger partial charge in [0.1, 0.15) is 12.4 Å².